The fourth-order valence-electron chi connectivity index (χ4n) is 7.01. The zero-order valence-electron chi connectivity index (χ0n) is 35.7. The molecule has 10 heteroatoms. The van der Waals surface area contributed by atoms with E-state index in [1.165, 1.54) is 11.1 Å². The largest absolute Gasteiger partial charge is 0.497 e. The molecule has 6 aromatic rings. The van der Waals surface area contributed by atoms with Gasteiger partial charge in [-0.25, -0.2) is 0 Å². The van der Waals surface area contributed by atoms with Crippen LogP contribution >= 0.6 is 0 Å². The van der Waals surface area contributed by atoms with Gasteiger partial charge >= 0.3 is 0 Å². The Balaban J connectivity index is 1.18. The van der Waals surface area contributed by atoms with Crippen molar-refractivity contribution in [1.29, 1.82) is 0 Å². The molecule has 0 radical (unpaired) electrons. The van der Waals surface area contributed by atoms with Crippen LogP contribution in [-0.4, -0.2) is 56.9 Å². The first-order chi connectivity index (χ1) is 29.3. The van der Waals surface area contributed by atoms with Crippen LogP contribution in [0.2, 0.25) is 0 Å². The first-order valence-corrected chi connectivity index (χ1v) is 19.8. The number of benzene rings is 6. The van der Waals surface area contributed by atoms with Crippen LogP contribution in [0, 0.1) is 0 Å². The number of hydrogen-bond donors (Lipinski definition) is 0. The van der Waals surface area contributed by atoms with Gasteiger partial charge in [-0.3, -0.25) is 0 Å². The highest BCUT2D eigenvalue weighted by molar-refractivity contribution is 5.59. The Morgan fingerprint density at radius 3 is 0.883 bits per heavy atom. The molecule has 6 aromatic carbocycles. The van der Waals surface area contributed by atoms with E-state index in [-0.39, 0.29) is 0 Å². The summed E-state index contributed by atoms with van der Waals surface area (Å²) in [5.41, 5.74) is 6.54. The molecule has 6 rings (SSSR count). The van der Waals surface area contributed by atoms with Crippen molar-refractivity contribution < 1.29 is 47.4 Å². The standard InChI is InChI=1S/C50H54O10/c1-51-39-13-9-11-33(25-39)15-17-35-21-23-41(53-3)43(27-35)59-49-45(55-5)29-37(30-46(49)56-6)19-20-38-31-47(57-7)50(48(32-38)58-8)60-44-28-36(22-24-42(44)54-4)18-16-34-12-10-14-40(26-34)52-2/h9-14,21-32H,15-20H2,1-8H3. The molecule has 0 amide bonds. The van der Waals surface area contributed by atoms with E-state index in [2.05, 4.69) is 24.3 Å². The van der Waals surface area contributed by atoms with Crippen LogP contribution in [0.25, 0.3) is 0 Å². The van der Waals surface area contributed by atoms with Gasteiger partial charge in [-0.2, -0.15) is 0 Å². The van der Waals surface area contributed by atoms with Gasteiger partial charge in [0.05, 0.1) is 56.9 Å². The molecule has 60 heavy (non-hydrogen) atoms. The first kappa shape index (κ1) is 42.9. The number of ether oxygens (including phenoxy) is 10. The molecule has 0 N–H and O–H groups in total. The van der Waals surface area contributed by atoms with E-state index in [1.807, 2.05) is 84.9 Å². The molecule has 10 nitrogen and oxygen atoms in total. The average Bonchev–Trinajstić information content (AvgIpc) is 3.30. The minimum Gasteiger partial charge on any atom is -0.497 e. The first-order valence-electron chi connectivity index (χ1n) is 19.8. The molecule has 0 heterocycles. The van der Waals surface area contributed by atoms with Crippen molar-refractivity contribution in [2.75, 3.05) is 56.9 Å². The molecule has 0 spiro atoms. The second-order valence-electron chi connectivity index (χ2n) is 14.0. The number of aryl methyl sites for hydroxylation is 6. The van der Waals surface area contributed by atoms with Gasteiger partial charge in [-0.1, -0.05) is 36.4 Å². The normalized spacial score (nSPS) is 10.7. The van der Waals surface area contributed by atoms with E-state index in [1.54, 1.807) is 56.9 Å². The summed E-state index contributed by atoms with van der Waals surface area (Å²) in [7, 11) is 13.1. The van der Waals surface area contributed by atoms with Gasteiger partial charge in [-0.15, -0.1) is 0 Å². The van der Waals surface area contributed by atoms with Crippen molar-refractivity contribution in [3.05, 3.63) is 143 Å². The molecule has 0 aromatic heterocycles. The third-order valence-electron chi connectivity index (χ3n) is 10.3. The van der Waals surface area contributed by atoms with E-state index in [4.69, 9.17) is 47.4 Å². The summed E-state index contributed by atoms with van der Waals surface area (Å²) < 4.78 is 58.7. The van der Waals surface area contributed by atoms with Gasteiger partial charge in [0.25, 0.3) is 0 Å². The van der Waals surface area contributed by atoms with Gasteiger partial charge in [0.2, 0.25) is 11.5 Å². The van der Waals surface area contributed by atoms with Crippen molar-refractivity contribution in [2.24, 2.45) is 0 Å². The maximum Gasteiger partial charge on any atom is 0.211 e. The van der Waals surface area contributed by atoms with Crippen molar-refractivity contribution in [1.82, 2.24) is 0 Å². The zero-order valence-corrected chi connectivity index (χ0v) is 35.7. The monoisotopic (exact) mass is 814 g/mol. The van der Waals surface area contributed by atoms with Crippen LogP contribution in [0.1, 0.15) is 33.4 Å². The van der Waals surface area contributed by atoms with Crippen LogP contribution in [0.4, 0.5) is 0 Å². The predicted octanol–water partition coefficient (Wildman–Crippen LogP) is 10.7. The van der Waals surface area contributed by atoms with E-state index in [0.717, 1.165) is 59.4 Å². The molecular formula is C50H54O10. The summed E-state index contributed by atoms with van der Waals surface area (Å²) in [5.74, 6) is 7.04. The lowest BCUT2D eigenvalue weighted by atomic mass is 10.0. The summed E-state index contributed by atoms with van der Waals surface area (Å²) in [6, 6.07) is 36.0. The van der Waals surface area contributed by atoms with Crippen LogP contribution < -0.4 is 47.4 Å². The molecule has 0 fully saturated rings. The van der Waals surface area contributed by atoms with Gasteiger partial charge < -0.3 is 47.4 Å². The van der Waals surface area contributed by atoms with E-state index < -0.39 is 0 Å². The van der Waals surface area contributed by atoms with Gasteiger partial charge in [0, 0.05) is 0 Å². The Labute approximate surface area is 353 Å². The molecule has 0 atom stereocenters. The van der Waals surface area contributed by atoms with Crippen LogP contribution in [-0.2, 0) is 38.5 Å². The molecule has 0 saturated carbocycles. The molecule has 0 saturated heterocycles. The van der Waals surface area contributed by atoms with Crippen LogP contribution in [0.3, 0.4) is 0 Å². The minimum atomic E-state index is 0.455. The Bertz CT molecular complexity index is 2140. The highest BCUT2D eigenvalue weighted by Gasteiger charge is 2.21. The highest BCUT2D eigenvalue weighted by atomic mass is 16.6. The maximum atomic E-state index is 6.52. The molecule has 0 aliphatic rings. The lowest BCUT2D eigenvalue weighted by Crippen LogP contribution is -2.01. The fourth-order valence-corrected chi connectivity index (χ4v) is 7.01. The number of hydrogen-bond acceptors (Lipinski definition) is 10. The summed E-state index contributed by atoms with van der Waals surface area (Å²) in [6.45, 7) is 0. The quantitative estimate of drug-likeness (QED) is 0.0699. The van der Waals surface area contributed by atoms with Crippen molar-refractivity contribution in [3.63, 3.8) is 0 Å². The molecule has 0 aliphatic carbocycles. The summed E-state index contributed by atoms with van der Waals surface area (Å²) in [4.78, 5) is 0. The smallest absolute Gasteiger partial charge is 0.211 e. The Morgan fingerprint density at radius 2 is 0.567 bits per heavy atom. The lowest BCUT2D eigenvalue weighted by Gasteiger charge is -2.19. The predicted molar refractivity (Wildman–Crippen MR) is 233 cm³/mol. The maximum absolute atomic E-state index is 6.52. The fraction of sp³-hybridized carbons (Fsp3) is 0.280. The summed E-state index contributed by atoms with van der Waals surface area (Å²) >= 11 is 0. The second kappa shape index (κ2) is 20.8. The SMILES string of the molecule is COc1cccc(CCc2ccc(OC)c(Oc3c(OC)cc(CCc4cc(OC)c(Oc5cc(CCc6cccc(OC)c6)ccc5OC)c(OC)c4)cc3OC)c2)c1. The van der Waals surface area contributed by atoms with E-state index in [9.17, 15) is 0 Å². The summed E-state index contributed by atoms with van der Waals surface area (Å²) in [5, 5.41) is 0. The molecule has 0 unspecified atom stereocenters. The van der Waals surface area contributed by atoms with Crippen molar-refractivity contribution >= 4 is 0 Å². The molecule has 0 bridgehead atoms. The number of rotatable bonds is 21. The Morgan fingerprint density at radius 1 is 0.267 bits per heavy atom. The minimum absolute atomic E-state index is 0.455. The third-order valence-corrected chi connectivity index (χ3v) is 10.3. The average molecular weight is 815 g/mol. The van der Waals surface area contributed by atoms with Crippen LogP contribution in [0.15, 0.2) is 109 Å². The van der Waals surface area contributed by atoms with Crippen molar-refractivity contribution in [3.8, 4) is 69.0 Å². The topological polar surface area (TPSA) is 92.3 Å². The number of methoxy groups -OCH3 is 8. The van der Waals surface area contributed by atoms with E-state index in [0.29, 0.717) is 70.3 Å². The lowest BCUT2D eigenvalue weighted by molar-refractivity contribution is 0.331. The van der Waals surface area contributed by atoms with Crippen molar-refractivity contribution in [2.45, 2.75) is 38.5 Å². The zero-order chi connectivity index (χ0) is 42.4. The molecular weight excluding hydrogens is 761 g/mol. The van der Waals surface area contributed by atoms with Gasteiger partial charge in [0.15, 0.2) is 46.0 Å². The van der Waals surface area contributed by atoms with Gasteiger partial charge in [-0.05, 0) is 145 Å². The van der Waals surface area contributed by atoms with E-state index >= 15 is 0 Å². The third kappa shape index (κ3) is 10.7. The molecule has 0 aliphatic heterocycles. The Kier molecular flexibility index (Phi) is 14.9. The van der Waals surface area contributed by atoms with Gasteiger partial charge in [0.1, 0.15) is 11.5 Å². The van der Waals surface area contributed by atoms with Crippen LogP contribution in [0.5, 0.6) is 69.0 Å². The summed E-state index contributed by atoms with van der Waals surface area (Å²) in [6.07, 6.45) is 4.60. The molecule has 314 valence electrons. The second-order valence-corrected chi connectivity index (χ2v) is 14.0. The highest BCUT2D eigenvalue weighted by Crippen LogP contribution is 2.46. The Hall–Kier alpha value is -6.68.